The molecule has 27 heavy (non-hydrogen) atoms. The summed E-state index contributed by atoms with van der Waals surface area (Å²) in [6.07, 6.45) is -1.10. The lowest BCUT2D eigenvalue weighted by molar-refractivity contribution is -0.148. The van der Waals surface area contributed by atoms with E-state index in [0.29, 0.717) is 29.2 Å². The van der Waals surface area contributed by atoms with E-state index in [-0.39, 0.29) is 13.4 Å². The smallest absolute Gasteiger partial charge is 0.316 e. The van der Waals surface area contributed by atoms with Crippen molar-refractivity contribution in [2.24, 2.45) is 0 Å². The Hall–Kier alpha value is -2.57. The Labute approximate surface area is 159 Å². The van der Waals surface area contributed by atoms with Gasteiger partial charge in [0.2, 0.25) is 0 Å². The molecule has 146 valence electrons. The summed E-state index contributed by atoms with van der Waals surface area (Å²) < 4.78 is 21.2. The molecule has 6 heteroatoms. The van der Waals surface area contributed by atoms with E-state index in [0.717, 1.165) is 0 Å². The van der Waals surface area contributed by atoms with Crippen LogP contribution in [0.4, 0.5) is 0 Å². The first-order valence-corrected chi connectivity index (χ1v) is 8.90. The number of hydrogen-bond acceptors (Lipinski definition) is 6. The van der Waals surface area contributed by atoms with E-state index >= 15 is 0 Å². The third-order valence-corrected chi connectivity index (χ3v) is 4.05. The average molecular weight is 374 g/mol. The average Bonchev–Trinajstić information content (AvgIpc) is 2.69. The zero-order valence-corrected chi connectivity index (χ0v) is 15.9. The highest BCUT2D eigenvalue weighted by atomic mass is 16.7. The highest BCUT2D eigenvalue weighted by Crippen LogP contribution is 2.36. The van der Waals surface area contributed by atoms with Crippen LogP contribution in [0.1, 0.15) is 37.0 Å². The maximum absolute atomic E-state index is 12.5. The zero-order valence-electron chi connectivity index (χ0n) is 15.9. The van der Waals surface area contributed by atoms with Crippen LogP contribution in [0, 0.1) is 0 Å². The van der Waals surface area contributed by atoms with E-state index in [1.54, 1.807) is 37.3 Å². The Bertz CT molecular complexity index is 716. The van der Waals surface area contributed by atoms with Crippen LogP contribution < -0.4 is 9.47 Å². The third kappa shape index (κ3) is 5.45. The minimum atomic E-state index is -1.10. The Morgan fingerprint density at radius 1 is 1.00 bits per heavy atom. The Morgan fingerprint density at radius 3 is 2.37 bits per heavy atom. The van der Waals surface area contributed by atoms with E-state index in [9.17, 15) is 9.90 Å². The summed E-state index contributed by atoms with van der Waals surface area (Å²) in [4.78, 5) is 12.5. The van der Waals surface area contributed by atoms with Gasteiger partial charge in [-0.15, -0.1) is 0 Å². The fraction of sp³-hybridized carbons (Fsp3) is 0.381. The molecule has 2 atom stereocenters. The van der Waals surface area contributed by atoms with Crippen molar-refractivity contribution < 1.29 is 28.8 Å². The second-order valence-corrected chi connectivity index (χ2v) is 5.75. The van der Waals surface area contributed by atoms with Gasteiger partial charge in [-0.2, -0.15) is 0 Å². The van der Waals surface area contributed by atoms with Crippen molar-refractivity contribution >= 4 is 5.97 Å². The van der Waals surface area contributed by atoms with Crippen molar-refractivity contribution in [2.45, 2.75) is 25.9 Å². The predicted molar refractivity (Wildman–Crippen MR) is 101 cm³/mol. The molecule has 6 nitrogen and oxygen atoms in total. The quantitative estimate of drug-likeness (QED) is 0.390. The molecule has 0 aliphatic rings. The van der Waals surface area contributed by atoms with Crippen LogP contribution in [-0.2, 0) is 14.3 Å². The molecule has 0 heterocycles. The van der Waals surface area contributed by atoms with Crippen molar-refractivity contribution in [1.29, 1.82) is 0 Å². The van der Waals surface area contributed by atoms with Gasteiger partial charge in [-0.25, -0.2) is 0 Å². The molecular formula is C21H26O6. The standard InChI is InChI=1S/C21H26O6/c1-4-25-14-27-17-12-11-16(13-18(17)24-3)20(22)19(21(23)26-5-2)15-9-7-6-8-10-15/h6-13,19-20,22H,4-5,14H2,1-3H3. The molecule has 0 aliphatic heterocycles. The van der Waals surface area contributed by atoms with E-state index < -0.39 is 18.0 Å². The van der Waals surface area contributed by atoms with Crippen LogP contribution in [0.25, 0.3) is 0 Å². The second-order valence-electron chi connectivity index (χ2n) is 5.75. The molecule has 0 bridgehead atoms. The van der Waals surface area contributed by atoms with Gasteiger partial charge in [-0.3, -0.25) is 4.79 Å². The number of methoxy groups -OCH3 is 1. The summed E-state index contributed by atoms with van der Waals surface area (Å²) >= 11 is 0. The van der Waals surface area contributed by atoms with Crippen LogP contribution in [0.3, 0.4) is 0 Å². The second kappa shape index (κ2) is 10.5. The molecule has 2 unspecified atom stereocenters. The fourth-order valence-corrected chi connectivity index (χ4v) is 2.71. The molecule has 0 spiro atoms. The SMILES string of the molecule is CCOCOc1ccc(C(O)C(C(=O)OCC)c2ccccc2)cc1OC. The minimum Gasteiger partial charge on any atom is -0.493 e. The van der Waals surface area contributed by atoms with E-state index in [1.807, 2.05) is 25.1 Å². The molecule has 2 rings (SSSR count). The van der Waals surface area contributed by atoms with Crippen LogP contribution in [0.5, 0.6) is 11.5 Å². The first-order valence-electron chi connectivity index (χ1n) is 8.90. The predicted octanol–water partition coefficient (Wildman–Crippen LogP) is 3.45. The Morgan fingerprint density at radius 2 is 1.74 bits per heavy atom. The number of ether oxygens (including phenoxy) is 4. The van der Waals surface area contributed by atoms with Gasteiger partial charge in [0.05, 0.1) is 19.8 Å². The topological polar surface area (TPSA) is 74.2 Å². The minimum absolute atomic E-state index is 0.101. The van der Waals surface area contributed by atoms with Crippen molar-refractivity contribution in [3.8, 4) is 11.5 Å². The number of aliphatic hydroxyl groups excluding tert-OH is 1. The maximum atomic E-state index is 12.5. The van der Waals surface area contributed by atoms with Crippen LogP contribution in [0.2, 0.25) is 0 Å². The van der Waals surface area contributed by atoms with Gasteiger partial charge < -0.3 is 24.1 Å². The molecular weight excluding hydrogens is 348 g/mol. The summed E-state index contributed by atoms with van der Waals surface area (Å²) in [5.41, 5.74) is 1.21. The van der Waals surface area contributed by atoms with Gasteiger partial charge in [0, 0.05) is 6.61 Å². The van der Waals surface area contributed by atoms with Crippen molar-refractivity contribution in [3.05, 3.63) is 59.7 Å². The highest BCUT2D eigenvalue weighted by Gasteiger charge is 2.31. The number of hydrogen-bond donors (Lipinski definition) is 1. The number of aliphatic hydroxyl groups is 1. The Kier molecular flexibility index (Phi) is 8.10. The molecule has 2 aromatic rings. The normalized spacial score (nSPS) is 12.9. The lowest BCUT2D eigenvalue weighted by atomic mass is 9.89. The van der Waals surface area contributed by atoms with E-state index in [4.69, 9.17) is 18.9 Å². The summed E-state index contributed by atoms with van der Waals surface area (Å²) in [6, 6.07) is 14.1. The molecule has 0 saturated carbocycles. The first kappa shape index (κ1) is 20.7. The molecule has 0 fully saturated rings. The largest absolute Gasteiger partial charge is 0.493 e. The van der Waals surface area contributed by atoms with E-state index in [1.165, 1.54) is 7.11 Å². The Balaban J connectivity index is 2.31. The van der Waals surface area contributed by atoms with Crippen LogP contribution >= 0.6 is 0 Å². The third-order valence-electron chi connectivity index (χ3n) is 4.05. The van der Waals surface area contributed by atoms with Gasteiger partial charge in [0.25, 0.3) is 0 Å². The van der Waals surface area contributed by atoms with Crippen LogP contribution in [-0.4, -0.2) is 38.2 Å². The van der Waals surface area contributed by atoms with Gasteiger partial charge in [0.15, 0.2) is 18.3 Å². The summed E-state index contributed by atoms with van der Waals surface area (Å²) in [5, 5.41) is 10.9. The molecule has 0 aliphatic carbocycles. The molecule has 2 aromatic carbocycles. The van der Waals surface area contributed by atoms with Crippen molar-refractivity contribution in [2.75, 3.05) is 27.1 Å². The molecule has 0 radical (unpaired) electrons. The fourth-order valence-electron chi connectivity index (χ4n) is 2.71. The van der Waals surface area contributed by atoms with E-state index in [2.05, 4.69) is 0 Å². The molecule has 1 N–H and O–H groups in total. The summed E-state index contributed by atoms with van der Waals surface area (Å²) in [5.74, 6) is -0.380. The van der Waals surface area contributed by atoms with Crippen molar-refractivity contribution in [1.82, 2.24) is 0 Å². The lowest BCUT2D eigenvalue weighted by Crippen LogP contribution is -2.23. The monoisotopic (exact) mass is 374 g/mol. The number of carbonyl (C=O) groups excluding carboxylic acids is 1. The number of carbonyl (C=O) groups is 1. The number of esters is 1. The molecule has 0 saturated heterocycles. The van der Waals surface area contributed by atoms with Gasteiger partial charge >= 0.3 is 5.97 Å². The highest BCUT2D eigenvalue weighted by molar-refractivity contribution is 5.79. The number of benzene rings is 2. The maximum Gasteiger partial charge on any atom is 0.316 e. The van der Waals surface area contributed by atoms with Gasteiger partial charge in [0.1, 0.15) is 5.92 Å². The molecule has 0 aromatic heterocycles. The zero-order chi connectivity index (χ0) is 19.6. The first-order chi connectivity index (χ1) is 13.1. The molecule has 0 amide bonds. The van der Waals surface area contributed by atoms with Crippen molar-refractivity contribution in [3.63, 3.8) is 0 Å². The van der Waals surface area contributed by atoms with Gasteiger partial charge in [-0.05, 0) is 37.1 Å². The summed E-state index contributed by atoms with van der Waals surface area (Å²) in [7, 11) is 1.51. The lowest BCUT2D eigenvalue weighted by Gasteiger charge is -2.23. The summed E-state index contributed by atoms with van der Waals surface area (Å²) in [6.45, 7) is 4.49. The van der Waals surface area contributed by atoms with Crippen LogP contribution in [0.15, 0.2) is 48.5 Å². The number of rotatable bonds is 10. The van der Waals surface area contributed by atoms with Gasteiger partial charge in [-0.1, -0.05) is 36.4 Å².